The molecule has 6 N–H and O–H groups in total. The highest BCUT2D eigenvalue weighted by atomic mass is 16.1. The van der Waals surface area contributed by atoms with Gasteiger partial charge >= 0.3 is 0 Å². The molecule has 2 aromatic carbocycles. The number of nitrogens with one attached hydrogen (secondary N) is 2. The molecule has 1 aliphatic rings. The van der Waals surface area contributed by atoms with Gasteiger partial charge in [-0.05, 0) is 47.9 Å². The molecule has 0 atom stereocenters. The van der Waals surface area contributed by atoms with Crippen molar-refractivity contribution >= 4 is 22.7 Å². The summed E-state index contributed by atoms with van der Waals surface area (Å²) in [5, 5.41) is 6.62. The summed E-state index contributed by atoms with van der Waals surface area (Å²) in [4.78, 5) is 15.1. The van der Waals surface area contributed by atoms with Crippen molar-refractivity contribution in [1.29, 1.82) is 0 Å². The minimum atomic E-state index is -0.103. The van der Waals surface area contributed by atoms with Crippen LogP contribution in [0.25, 0.3) is 11.1 Å². The number of nitrogens with zero attached hydrogens (tertiary/aromatic N) is 2. The predicted octanol–water partition coefficient (Wildman–Crippen LogP) is 2.67. The Kier molecular flexibility index (Phi) is 5.97. The maximum atomic E-state index is 12.8. The molecule has 7 heteroatoms. The highest BCUT2D eigenvalue weighted by Crippen LogP contribution is 2.29. The predicted molar refractivity (Wildman–Crippen MR) is 129 cm³/mol. The number of nitrogens with two attached hydrogens (primary N) is 2. The van der Waals surface area contributed by atoms with Gasteiger partial charge in [-0.1, -0.05) is 18.2 Å². The molecule has 1 aliphatic heterocycles. The second-order valence-electron chi connectivity index (χ2n) is 8.14. The Labute approximate surface area is 182 Å². The summed E-state index contributed by atoms with van der Waals surface area (Å²) in [6.07, 6.45) is 1.83. The molecule has 0 radical (unpaired) electrons. The van der Waals surface area contributed by atoms with Gasteiger partial charge in [-0.3, -0.25) is 9.69 Å². The summed E-state index contributed by atoms with van der Waals surface area (Å²) in [6, 6.07) is 13.6. The van der Waals surface area contributed by atoms with E-state index < -0.39 is 0 Å². The normalized spacial score (nSPS) is 14.5. The van der Waals surface area contributed by atoms with Crippen LogP contribution in [0.15, 0.2) is 53.5 Å². The number of nitrogen functional groups attached to an aromatic ring is 2. The van der Waals surface area contributed by atoms with Crippen molar-refractivity contribution in [2.45, 2.75) is 13.5 Å². The molecule has 1 aromatic heterocycles. The minimum Gasteiger partial charge on any atom is -0.398 e. The number of benzene rings is 2. The number of anilines is 4. The van der Waals surface area contributed by atoms with Crippen molar-refractivity contribution in [1.82, 2.24) is 14.8 Å². The van der Waals surface area contributed by atoms with Crippen molar-refractivity contribution in [3.05, 3.63) is 70.1 Å². The number of hydrogen-bond donors (Lipinski definition) is 4. The Hall–Kier alpha value is -3.29. The summed E-state index contributed by atoms with van der Waals surface area (Å²) >= 11 is 0. The summed E-state index contributed by atoms with van der Waals surface area (Å²) in [5.41, 5.74) is 19.1. The lowest BCUT2D eigenvalue weighted by atomic mass is 10.0. The van der Waals surface area contributed by atoms with E-state index in [4.69, 9.17) is 11.5 Å². The quantitative estimate of drug-likeness (QED) is 0.475. The van der Waals surface area contributed by atoms with Crippen LogP contribution in [0.1, 0.15) is 11.1 Å². The first-order chi connectivity index (χ1) is 14.9. The summed E-state index contributed by atoms with van der Waals surface area (Å²) in [7, 11) is 1.75. The zero-order valence-electron chi connectivity index (χ0n) is 18.1. The lowest BCUT2D eigenvalue weighted by Crippen LogP contribution is -2.42. The molecule has 0 aliphatic carbocycles. The fourth-order valence-corrected chi connectivity index (χ4v) is 4.00. The lowest BCUT2D eigenvalue weighted by molar-refractivity contribution is 0.233. The number of pyridine rings is 1. The van der Waals surface area contributed by atoms with Gasteiger partial charge in [-0.15, -0.1) is 0 Å². The van der Waals surface area contributed by atoms with Gasteiger partial charge in [-0.25, -0.2) is 0 Å². The van der Waals surface area contributed by atoms with Crippen LogP contribution in [-0.2, 0) is 13.6 Å². The number of aryl methyl sites for hydroxylation is 1. The smallest absolute Gasteiger partial charge is 0.274 e. The van der Waals surface area contributed by atoms with Crippen LogP contribution in [0, 0.1) is 6.92 Å². The molecule has 0 amide bonds. The van der Waals surface area contributed by atoms with Crippen LogP contribution in [0.4, 0.5) is 22.7 Å². The average Bonchev–Trinajstić information content (AvgIpc) is 2.76. The van der Waals surface area contributed by atoms with E-state index in [1.807, 2.05) is 55.6 Å². The SMILES string of the molecule is Cc1c(N)cccc1-c1cc(Nc2ccc(CN3CCNCC3)c(N)c2)c(=O)n(C)c1. The molecule has 31 heavy (non-hydrogen) atoms. The molecule has 7 nitrogen and oxygen atoms in total. The van der Waals surface area contributed by atoms with Crippen LogP contribution in [0.3, 0.4) is 0 Å². The van der Waals surface area contributed by atoms with Gasteiger partial charge in [0.15, 0.2) is 0 Å². The van der Waals surface area contributed by atoms with E-state index >= 15 is 0 Å². The standard InChI is InChI=1S/C24H30N6O/c1-16-20(4-3-5-21(16)25)18-12-23(24(31)29(2)14-18)28-19-7-6-17(22(26)13-19)15-30-10-8-27-9-11-30/h3-7,12-14,27-28H,8-11,15,25-26H2,1-2H3. The highest BCUT2D eigenvalue weighted by molar-refractivity contribution is 5.76. The third-order valence-electron chi connectivity index (χ3n) is 5.90. The molecular formula is C24H30N6O. The average molecular weight is 419 g/mol. The molecule has 2 heterocycles. The Balaban J connectivity index is 1.60. The Morgan fingerprint density at radius 2 is 1.84 bits per heavy atom. The molecule has 0 bridgehead atoms. The van der Waals surface area contributed by atoms with Gasteiger partial charge in [0.1, 0.15) is 5.69 Å². The fraction of sp³-hybridized carbons (Fsp3) is 0.292. The van der Waals surface area contributed by atoms with Gasteiger partial charge in [0.25, 0.3) is 5.56 Å². The first-order valence-corrected chi connectivity index (χ1v) is 10.6. The maximum absolute atomic E-state index is 12.8. The van der Waals surface area contributed by atoms with Crippen molar-refractivity contribution in [2.75, 3.05) is 43.0 Å². The van der Waals surface area contributed by atoms with E-state index in [2.05, 4.69) is 15.5 Å². The Bertz CT molecular complexity index is 1150. The molecule has 4 rings (SSSR count). The van der Waals surface area contributed by atoms with E-state index in [1.54, 1.807) is 11.6 Å². The van der Waals surface area contributed by atoms with Crippen molar-refractivity contribution in [2.24, 2.45) is 7.05 Å². The molecule has 1 fully saturated rings. The topological polar surface area (TPSA) is 101 Å². The summed E-state index contributed by atoms with van der Waals surface area (Å²) in [5.74, 6) is 0. The Morgan fingerprint density at radius 1 is 1.06 bits per heavy atom. The molecular weight excluding hydrogens is 388 g/mol. The molecule has 1 saturated heterocycles. The van der Waals surface area contributed by atoms with Gasteiger partial charge in [-0.2, -0.15) is 0 Å². The largest absolute Gasteiger partial charge is 0.398 e. The van der Waals surface area contributed by atoms with Gasteiger partial charge in [0.05, 0.1) is 0 Å². The summed E-state index contributed by atoms with van der Waals surface area (Å²) < 4.78 is 1.59. The monoisotopic (exact) mass is 418 g/mol. The number of rotatable bonds is 5. The van der Waals surface area contributed by atoms with Crippen LogP contribution in [0.5, 0.6) is 0 Å². The van der Waals surface area contributed by atoms with E-state index in [0.29, 0.717) is 5.69 Å². The molecule has 3 aromatic rings. The summed E-state index contributed by atoms with van der Waals surface area (Å²) in [6.45, 7) is 6.87. The molecule has 162 valence electrons. The van der Waals surface area contributed by atoms with Crippen LogP contribution in [-0.4, -0.2) is 35.6 Å². The van der Waals surface area contributed by atoms with Crippen molar-refractivity contribution < 1.29 is 0 Å². The zero-order chi connectivity index (χ0) is 22.0. The number of piperazine rings is 1. The first-order valence-electron chi connectivity index (χ1n) is 10.6. The van der Waals surface area contributed by atoms with Crippen LogP contribution >= 0.6 is 0 Å². The number of hydrogen-bond acceptors (Lipinski definition) is 6. The van der Waals surface area contributed by atoms with Crippen molar-refractivity contribution in [3.63, 3.8) is 0 Å². The second kappa shape index (κ2) is 8.83. The second-order valence-corrected chi connectivity index (χ2v) is 8.14. The molecule has 0 saturated carbocycles. The Morgan fingerprint density at radius 3 is 2.58 bits per heavy atom. The minimum absolute atomic E-state index is 0.103. The first kappa shape index (κ1) is 21.0. The van der Waals surface area contributed by atoms with E-state index in [-0.39, 0.29) is 5.56 Å². The van der Waals surface area contributed by atoms with Gasteiger partial charge in [0, 0.05) is 68.6 Å². The van der Waals surface area contributed by atoms with Gasteiger partial charge < -0.3 is 26.7 Å². The lowest BCUT2D eigenvalue weighted by Gasteiger charge is -2.27. The fourth-order valence-electron chi connectivity index (χ4n) is 4.00. The molecule has 0 spiro atoms. The van der Waals surface area contributed by atoms with Crippen molar-refractivity contribution in [3.8, 4) is 11.1 Å². The van der Waals surface area contributed by atoms with Gasteiger partial charge in [0.2, 0.25) is 0 Å². The molecule has 0 unspecified atom stereocenters. The van der Waals surface area contributed by atoms with E-state index in [1.165, 1.54) is 0 Å². The van der Waals surface area contributed by atoms with Crippen LogP contribution in [0.2, 0.25) is 0 Å². The van der Waals surface area contributed by atoms with E-state index in [9.17, 15) is 4.79 Å². The third-order valence-corrected chi connectivity index (χ3v) is 5.90. The highest BCUT2D eigenvalue weighted by Gasteiger charge is 2.13. The maximum Gasteiger partial charge on any atom is 0.274 e. The zero-order valence-corrected chi connectivity index (χ0v) is 18.1. The number of aromatic nitrogens is 1. The van der Waals surface area contributed by atoms with E-state index in [0.717, 1.165) is 72.0 Å². The third kappa shape index (κ3) is 4.57. The van der Waals surface area contributed by atoms with Crippen LogP contribution < -0.4 is 27.7 Å².